The summed E-state index contributed by atoms with van der Waals surface area (Å²) in [5, 5.41) is 19.8. The maximum absolute atomic E-state index is 13.8. The molecule has 0 fully saturated rings. The van der Waals surface area contributed by atoms with Crippen LogP contribution in [0.25, 0.3) is 0 Å². The molecular formula is C12H15BrClFO2. The highest BCUT2D eigenvalue weighted by molar-refractivity contribution is 9.10. The molecule has 0 amide bonds. The summed E-state index contributed by atoms with van der Waals surface area (Å²) < 4.78 is 14.2. The van der Waals surface area contributed by atoms with Gasteiger partial charge in [0.2, 0.25) is 0 Å². The van der Waals surface area contributed by atoms with Gasteiger partial charge in [0.25, 0.3) is 0 Å². The van der Waals surface area contributed by atoms with Crippen LogP contribution in [0.1, 0.15) is 32.4 Å². The first kappa shape index (κ1) is 14.9. The average Bonchev–Trinajstić information content (AvgIpc) is 2.23. The van der Waals surface area contributed by atoms with Crippen molar-refractivity contribution in [3.8, 4) is 0 Å². The van der Waals surface area contributed by atoms with Gasteiger partial charge in [-0.2, -0.15) is 0 Å². The third-order valence-corrected chi connectivity index (χ3v) is 3.83. The summed E-state index contributed by atoms with van der Waals surface area (Å²) in [6.45, 7) is 5.29. The van der Waals surface area contributed by atoms with E-state index in [1.165, 1.54) is 6.07 Å². The molecular weight excluding hydrogens is 310 g/mol. The van der Waals surface area contributed by atoms with Gasteiger partial charge in [-0.25, -0.2) is 4.39 Å². The Hall–Kier alpha value is -0.160. The molecule has 0 saturated heterocycles. The summed E-state index contributed by atoms with van der Waals surface area (Å²) in [5.41, 5.74) is -0.550. The number of halogens is 3. The molecule has 17 heavy (non-hydrogen) atoms. The quantitative estimate of drug-likeness (QED) is 0.814. The van der Waals surface area contributed by atoms with Gasteiger partial charge in [-0.3, -0.25) is 0 Å². The van der Waals surface area contributed by atoms with E-state index >= 15 is 0 Å². The van der Waals surface area contributed by atoms with Gasteiger partial charge in [-0.05, 0) is 27.4 Å². The van der Waals surface area contributed by atoms with Crippen molar-refractivity contribution in [3.63, 3.8) is 0 Å². The lowest BCUT2D eigenvalue weighted by molar-refractivity contribution is -0.0472. The molecule has 1 aromatic carbocycles. The third-order valence-electron chi connectivity index (χ3n) is 2.57. The minimum Gasteiger partial charge on any atom is -0.390 e. The molecule has 0 heterocycles. The molecule has 2 unspecified atom stereocenters. The average molecular weight is 326 g/mol. The first-order chi connectivity index (χ1) is 7.66. The van der Waals surface area contributed by atoms with Gasteiger partial charge in [-0.15, -0.1) is 0 Å². The van der Waals surface area contributed by atoms with Gasteiger partial charge in [0.05, 0.1) is 11.1 Å². The van der Waals surface area contributed by atoms with Crippen LogP contribution in [0.4, 0.5) is 4.39 Å². The number of aliphatic hydroxyl groups excluding tert-OH is 2. The first-order valence-corrected chi connectivity index (χ1v) is 6.33. The Morgan fingerprint density at radius 2 is 1.82 bits per heavy atom. The van der Waals surface area contributed by atoms with Gasteiger partial charge in [0.15, 0.2) is 0 Å². The minimum atomic E-state index is -1.31. The highest BCUT2D eigenvalue weighted by Crippen LogP contribution is 2.35. The Morgan fingerprint density at radius 3 is 2.29 bits per heavy atom. The lowest BCUT2D eigenvalue weighted by Gasteiger charge is -2.30. The molecule has 96 valence electrons. The number of rotatable bonds is 2. The van der Waals surface area contributed by atoms with Crippen molar-refractivity contribution in [3.05, 3.63) is 33.0 Å². The highest BCUT2D eigenvalue weighted by Gasteiger charge is 2.32. The van der Waals surface area contributed by atoms with E-state index in [2.05, 4.69) is 15.9 Å². The van der Waals surface area contributed by atoms with Crippen LogP contribution in [-0.4, -0.2) is 16.3 Å². The molecule has 0 aliphatic heterocycles. The molecule has 0 aromatic heterocycles. The summed E-state index contributed by atoms with van der Waals surface area (Å²) in [4.78, 5) is 0. The molecule has 2 atom stereocenters. The molecule has 2 N–H and O–H groups in total. The largest absolute Gasteiger partial charge is 0.390 e. The molecule has 0 radical (unpaired) electrons. The van der Waals surface area contributed by atoms with Crippen molar-refractivity contribution < 1.29 is 14.6 Å². The van der Waals surface area contributed by atoms with Crippen molar-refractivity contribution in [2.24, 2.45) is 5.41 Å². The maximum atomic E-state index is 13.8. The SMILES string of the molecule is CC(C)(C)C(O)C(O)c1ccc(Br)c(Cl)c1F. The number of aliphatic hydroxyl groups is 2. The molecule has 2 nitrogen and oxygen atoms in total. The summed E-state index contributed by atoms with van der Waals surface area (Å²) in [7, 11) is 0. The van der Waals surface area contributed by atoms with E-state index in [1.807, 2.05) is 0 Å². The van der Waals surface area contributed by atoms with Crippen molar-refractivity contribution in [2.45, 2.75) is 33.0 Å². The van der Waals surface area contributed by atoms with E-state index in [0.717, 1.165) is 0 Å². The topological polar surface area (TPSA) is 40.5 Å². The fourth-order valence-electron chi connectivity index (χ4n) is 1.41. The number of benzene rings is 1. The second-order valence-electron chi connectivity index (χ2n) is 5.02. The summed E-state index contributed by atoms with van der Waals surface area (Å²) >= 11 is 8.82. The molecule has 0 aliphatic carbocycles. The second kappa shape index (κ2) is 5.22. The van der Waals surface area contributed by atoms with Crippen molar-refractivity contribution >= 4 is 27.5 Å². The Labute approximate surface area is 114 Å². The molecule has 5 heteroatoms. The van der Waals surface area contributed by atoms with Gasteiger partial charge in [0, 0.05) is 10.0 Å². The van der Waals surface area contributed by atoms with Crippen LogP contribution in [0.3, 0.4) is 0 Å². The van der Waals surface area contributed by atoms with Crippen LogP contribution >= 0.6 is 27.5 Å². The smallest absolute Gasteiger partial charge is 0.148 e. The van der Waals surface area contributed by atoms with Crippen molar-refractivity contribution in [1.29, 1.82) is 0 Å². The van der Waals surface area contributed by atoms with Gasteiger partial charge < -0.3 is 10.2 Å². The maximum Gasteiger partial charge on any atom is 0.148 e. The van der Waals surface area contributed by atoms with E-state index in [1.54, 1.807) is 26.8 Å². The summed E-state index contributed by atoms with van der Waals surface area (Å²) in [6.07, 6.45) is -2.38. The van der Waals surface area contributed by atoms with Crippen LogP contribution in [-0.2, 0) is 0 Å². The van der Waals surface area contributed by atoms with Gasteiger partial charge in [-0.1, -0.05) is 38.4 Å². The minimum absolute atomic E-state index is 0.000579. The molecule has 0 aliphatic rings. The van der Waals surface area contributed by atoms with Crippen LogP contribution in [0, 0.1) is 11.2 Å². The van der Waals surface area contributed by atoms with E-state index in [-0.39, 0.29) is 10.6 Å². The van der Waals surface area contributed by atoms with Crippen molar-refractivity contribution in [1.82, 2.24) is 0 Å². The first-order valence-electron chi connectivity index (χ1n) is 5.15. The zero-order chi connectivity index (χ0) is 13.4. The predicted molar refractivity (Wildman–Crippen MR) is 69.5 cm³/mol. The fourth-order valence-corrected chi connectivity index (χ4v) is 1.89. The molecule has 0 saturated carbocycles. The van der Waals surface area contributed by atoms with Crippen LogP contribution in [0.5, 0.6) is 0 Å². The Kier molecular flexibility index (Phi) is 4.58. The van der Waals surface area contributed by atoms with E-state index in [0.29, 0.717) is 4.47 Å². The van der Waals surface area contributed by atoms with Crippen LogP contribution in [0.15, 0.2) is 16.6 Å². The lowest BCUT2D eigenvalue weighted by atomic mass is 9.83. The highest BCUT2D eigenvalue weighted by atomic mass is 79.9. The van der Waals surface area contributed by atoms with Gasteiger partial charge >= 0.3 is 0 Å². The number of hydrogen-bond acceptors (Lipinski definition) is 2. The monoisotopic (exact) mass is 324 g/mol. The Bertz CT molecular complexity index is 418. The summed E-state index contributed by atoms with van der Waals surface area (Å²) in [6, 6.07) is 2.95. The Morgan fingerprint density at radius 1 is 1.29 bits per heavy atom. The van der Waals surface area contributed by atoms with Gasteiger partial charge in [0.1, 0.15) is 11.9 Å². The Balaban J connectivity index is 3.14. The molecule has 1 rings (SSSR count). The third kappa shape index (κ3) is 3.19. The van der Waals surface area contributed by atoms with Crippen LogP contribution in [0.2, 0.25) is 5.02 Å². The molecule has 1 aromatic rings. The number of hydrogen-bond donors (Lipinski definition) is 2. The van der Waals surface area contributed by atoms with E-state index < -0.39 is 23.4 Å². The standard InChI is InChI=1S/C12H15BrClFO2/c1-12(2,3)11(17)10(16)6-4-5-7(13)8(14)9(6)15/h4-5,10-11,16-17H,1-3H3. The molecule has 0 bridgehead atoms. The molecule has 0 spiro atoms. The van der Waals surface area contributed by atoms with E-state index in [9.17, 15) is 14.6 Å². The zero-order valence-electron chi connectivity index (χ0n) is 9.84. The summed E-state index contributed by atoms with van der Waals surface area (Å²) in [5.74, 6) is -0.711. The normalized spacial score (nSPS) is 15.8. The lowest BCUT2D eigenvalue weighted by Crippen LogP contribution is -2.32. The van der Waals surface area contributed by atoms with E-state index in [4.69, 9.17) is 11.6 Å². The fraction of sp³-hybridized carbons (Fsp3) is 0.500. The second-order valence-corrected chi connectivity index (χ2v) is 6.25. The van der Waals surface area contributed by atoms with Crippen LogP contribution < -0.4 is 0 Å². The predicted octanol–water partition coefficient (Wildman–Crippen LogP) is 3.68. The zero-order valence-corrected chi connectivity index (χ0v) is 12.2. The van der Waals surface area contributed by atoms with Crippen molar-refractivity contribution in [2.75, 3.05) is 0 Å².